The van der Waals surface area contributed by atoms with Gasteiger partial charge in [0.05, 0.1) is 12.1 Å². The number of ether oxygens (including phenoxy) is 1. The number of unbranched alkanes of at least 4 members (excludes halogenated alkanes) is 2. The van der Waals surface area contributed by atoms with Crippen molar-refractivity contribution in [2.24, 2.45) is 5.92 Å². The van der Waals surface area contributed by atoms with Crippen molar-refractivity contribution >= 4 is 11.9 Å². The molecule has 1 heterocycles. The predicted molar refractivity (Wildman–Crippen MR) is 110 cm³/mol. The summed E-state index contributed by atoms with van der Waals surface area (Å²) in [4.78, 5) is 24.5. The number of carbonyl (C=O) groups is 2. The van der Waals surface area contributed by atoms with Crippen molar-refractivity contribution in [1.29, 1.82) is 0 Å². The minimum Gasteiger partial charge on any atom is -0.490 e. The largest absolute Gasteiger partial charge is 0.490 e. The van der Waals surface area contributed by atoms with E-state index in [1.165, 1.54) is 18.9 Å². The third-order valence-electron chi connectivity index (χ3n) is 6.11. The fourth-order valence-corrected chi connectivity index (χ4v) is 3.75. The smallest absolute Gasteiger partial charge is 0.324 e. The van der Waals surface area contributed by atoms with Gasteiger partial charge in [-0.2, -0.15) is 0 Å². The number of carbonyl (C=O) groups excluding carboxylic acids is 2. The van der Waals surface area contributed by atoms with Gasteiger partial charge in [0.25, 0.3) is 0 Å². The number of hydrogen-bond donors (Lipinski definition) is 3. The summed E-state index contributed by atoms with van der Waals surface area (Å²) in [5.41, 5.74) is 7.66. The number of nitrogens with one attached hydrogen (secondary N) is 3. The molecule has 1 saturated heterocycles. The molecule has 1 aromatic rings. The normalized spacial score (nSPS) is 20.2. The van der Waals surface area contributed by atoms with Crippen molar-refractivity contribution in [1.82, 2.24) is 21.1 Å². The van der Waals surface area contributed by atoms with Crippen LogP contribution in [0.25, 0.3) is 0 Å². The second kappa shape index (κ2) is 9.31. The van der Waals surface area contributed by atoms with Crippen LogP contribution in [-0.2, 0) is 10.3 Å². The Labute approximate surface area is 176 Å². The molecule has 3 N–H and O–H groups in total. The van der Waals surface area contributed by atoms with E-state index in [-0.39, 0.29) is 23.3 Å². The number of imide groups is 1. The molecule has 7 nitrogen and oxygen atoms in total. The van der Waals surface area contributed by atoms with Gasteiger partial charge in [-0.1, -0.05) is 12.5 Å². The first kappa shape index (κ1) is 21.1. The van der Waals surface area contributed by atoms with Gasteiger partial charge in [0.2, 0.25) is 5.91 Å². The van der Waals surface area contributed by atoms with Crippen molar-refractivity contribution in [2.75, 3.05) is 26.2 Å². The molecule has 30 heavy (non-hydrogen) atoms. The van der Waals surface area contributed by atoms with Gasteiger partial charge in [-0.15, -0.1) is 0 Å². The Hall–Kier alpha value is -2.19. The third kappa shape index (κ3) is 5.49. The van der Waals surface area contributed by atoms with Crippen LogP contribution in [0, 0.1) is 11.7 Å². The van der Waals surface area contributed by atoms with Gasteiger partial charge >= 0.3 is 6.03 Å². The minimum atomic E-state index is -0.296. The number of rotatable bonds is 12. The Morgan fingerprint density at radius 2 is 2.03 bits per heavy atom. The first-order valence-corrected chi connectivity index (χ1v) is 11.1. The molecule has 164 valence electrons. The van der Waals surface area contributed by atoms with Crippen LogP contribution in [-0.4, -0.2) is 43.1 Å². The van der Waals surface area contributed by atoms with Gasteiger partial charge < -0.3 is 9.64 Å². The van der Waals surface area contributed by atoms with Crippen molar-refractivity contribution in [3.05, 3.63) is 29.6 Å². The van der Waals surface area contributed by atoms with Gasteiger partial charge in [-0.3, -0.25) is 15.5 Å². The molecule has 1 aliphatic heterocycles. The maximum absolute atomic E-state index is 14.0. The number of benzene rings is 1. The van der Waals surface area contributed by atoms with E-state index >= 15 is 0 Å². The van der Waals surface area contributed by atoms with Crippen LogP contribution < -0.4 is 20.9 Å². The monoisotopic (exact) mass is 418 g/mol. The van der Waals surface area contributed by atoms with Gasteiger partial charge in [0.15, 0.2) is 11.6 Å². The summed E-state index contributed by atoms with van der Waals surface area (Å²) >= 11 is 0. The maximum Gasteiger partial charge on any atom is 0.324 e. The first-order valence-electron chi connectivity index (χ1n) is 11.1. The Balaban J connectivity index is 1.14. The van der Waals surface area contributed by atoms with Gasteiger partial charge in [0, 0.05) is 26.1 Å². The number of urea groups is 1. The molecule has 0 radical (unpaired) electrons. The summed E-state index contributed by atoms with van der Waals surface area (Å²) in [7, 11) is 0. The van der Waals surface area contributed by atoms with Crippen LogP contribution in [0.3, 0.4) is 0 Å². The first-order chi connectivity index (χ1) is 14.6. The second-order valence-corrected chi connectivity index (χ2v) is 8.68. The van der Waals surface area contributed by atoms with E-state index < -0.39 is 0 Å². The molecule has 0 bridgehead atoms. The average Bonchev–Trinajstić information content (AvgIpc) is 3.64. The SMILES string of the molecule is O=C1CCN(CCCCCNNC2(c3ccc(F)c(OCC4CC4)c3)CC2)C(=O)N1. The molecule has 0 unspecified atom stereocenters. The minimum absolute atomic E-state index is 0.135. The van der Waals surface area contributed by atoms with Crippen molar-refractivity contribution < 1.29 is 18.7 Å². The molecule has 2 aliphatic carbocycles. The highest BCUT2D eigenvalue weighted by Gasteiger charge is 2.44. The Morgan fingerprint density at radius 3 is 2.77 bits per heavy atom. The summed E-state index contributed by atoms with van der Waals surface area (Å²) in [5.74, 6) is 0.462. The molecule has 0 aromatic heterocycles. The summed E-state index contributed by atoms with van der Waals surface area (Å²) in [6, 6.07) is 4.91. The highest BCUT2D eigenvalue weighted by atomic mass is 19.1. The van der Waals surface area contributed by atoms with Crippen molar-refractivity contribution in [2.45, 2.75) is 56.9 Å². The maximum atomic E-state index is 14.0. The van der Waals surface area contributed by atoms with E-state index in [1.54, 1.807) is 4.90 Å². The zero-order valence-electron chi connectivity index (χ0n) is 17.3. The number of halogens is 1. The summed E-state index contributed by atoms with van der Waals surface area (Å²) in [5, 5.41) is 2.35. The quantitative estimate of drug-likeness (QED) is 0.359. The van der Waals surface area contributed by atoms with E-state index in [9.17, 15) is 14.0 Å². The molecule has 4 rings (SSSR count). The molecular formula is C22H31FN4O3. The standard InChI is InChI=1S/C22H31FN4O3/c23-18-7-6-17(14-19(18)30-15-16-4-5-16)22(9-10-22)26-24-11-2-1-3-12-27-13-8-20(28)25-21(27)29/h6-7,14,16,24,26H,1-5,8-13,15H2,(H,25,28,29). The van der Waals surface area contributed by atoms with Crippen LogP contribution >= 0.6 is 0 Å². The van der Waals surface area contributed by atoms with Crippen LogP contribution in [0.15, 0.2) is 18.2 Å². The third-order valence-corrected chi connectivity index (χ3v) is 6.11. The average molecular weight is 419 g/mol. The van der Waals surface area contributed by atoms with Gasteiger partial charge in [-0.05, 0) is 62.1 Å². The molecular weight excluding hydrogens is 387 g/mol. The molecule has 0 atom stereocenters. The lowest BCUT2D eigenvalue weighted by atomic mass is 10.1. The predicted octanol–water partition coefficient (Wildman–Crippen LogP) is 2.81. The lowest BCUT2D eigenvalue weighted by Crippen LogP contribution is -2.49. The second-order valence-electron chi connectivity index (χ2n) is 8.68. The molecule has 1 aromatic carbocycles. The number of hydrogen-bond acceptors (Lipinski definition) is 5. The summed E-state index contributed by atoms with van der Waals surface area (Å²) < 4.78 is 19.7. The Bertz CT molecular complexity index is 780. The van der Waals surface area contributed by atoms with Gasteiger partial charge in [-0.25, -0.2) is 14.6 Å². The van der Waals surface area contributed by atoms with E-state index in [0.29, 0.717) is 37.8 Å². The molecule has 0 spiro atoms. The summed E-state index contributed by atoms with van der Waals surface area (Å²) in [6.45, 7) is 2.61. The fourth-order valence-electron chi connectivity index (χ4n) is 3.75. The van der Waals surface area contributed by atoms with E-state index in [1.807, 2.05) is 12.1 Å². The van der Waals surface area contributed by atoms with E-state index in [4.69, 9.17) is 4.74 Å². The zero-order valence-corrected chi connectivity index (χ0v) is 17.3. The zero-order chi connectivity index (χ0) is 21.0. The van der Waals surface area contributed by atoms with Crippen LogP contribution in [0.4, 0.5) is 9.18 Å². The summed E-state index contributed by atoms with van der Waals surface area (Å²) in [6.07, 6.45) is 7.66. The lowest BCUT2D eigenvalue weighted by Gasteiger charge is -2.26. The van der Waals surface area contributed by atoms with Crippen LogP contribution in [0.2, 0.25) is 0 Å². The molecule has 2 saturated carbocycles. The topological polar surface area (TPSA) is 82.7 Å². The number of amides is 3. The van der Waals surface area contributed by atoms with Crippen LogP contribution in [0.1, 0.15) is 56.9 Å². The van der Waals surface area contributed by atoms with Crippen LogP contribution in [0.5, 0.6) is 5.75 Å². The van der Waals surface area contributed by atoms with E-state index in [0.717, 1.165) is 44.2 Å². The lowest BCUT2D eigenvalue weighted by molar-refractivity contribution is -0.121. The van der Waals surface area contributed by atoms with Crippen molar-refractivity contribution in [3.63, 3.8) is 0 Å². The molecule has 3 fully saturated rings. The molecule has 3 amide bonds. The molecule has 8 heteroatoms. The fraction of sp³-hybridized carbons (Fsp3) is 0.636. The van der Waals surface area contributed by atoms with Crippen molar-refractivity contribution in [3.8, 4) is 5.75 Å². The Morgan fingerprint density at radius 1 is 1.20 bits per heavy atom. The highest BCUT2D eigenvalue weighted by Crippen LogP contribution is 2.46. The van der Waals surface area contributed by atoms with E-state index in [2.05, 4.69) is 16.2 Å². The number of nitrogens with zero attached hydrogens (tertiary/aromatic N) is 1. The van der Waals surface area contributed by atoms with Gasteiger partial charge in [0.1, 0.15) is 0 Å². The number of hydrazine groups is 1. The highest BCUT2D eigenvalue weighted by molar-refractivity contribution is 5.96. The molecule has 3 aliphatic rings. The Kier molecular flexibility index (Phi) is 6.53.